The van der Waals surface area contributed by atoms with E-state index in [0.717, 1.165) is 6.42 Å². The van der Waals surface area contributed by atoms with Crippen molar-refractivity contribution in [3.05, 3.63) is 29.3 Å². The first-order valence-electron chi connectivity index (χ1n) is 6.75. The van der Waals surface area contributed by atoms with Gasteiger partial charge in [-0.05, 0) is 24.6 Å². The normalized spacial score (nSPS) is 24.0. The van der Waals surface area contributed by atoms with Gasteiger partial charge in [-0.25, -0.2) is 0 Å². The van der Waals surface area contributed by atoms with Crippen LogP contribution in [0.5, 0.6) is 0 Å². The molecule has 2 N–H and O–H groups in total. The van der Waals surface area contributed by atoms with Gasteiger partial charge in [0.15, 0.2) is 0 Å². The number of carbonyl (C=O) groups is 1. The number of rotatable bonds is 5. The number of ether oxygens (including phenoxy) is 1. The van der Waals surface area contributed by atoms with E-state index in [1.54, 1.807) is 19.2 Å². The molecule has 0 saturated heterocycles. The molecule has 1 saturated carbocycles. The maximum Gasteiger partial charge on any atom is 0.238 e. The molecule has 0 spiro atoms. The van der Waals surface area contributed by atoms with Crippen LogP contribution in [0.3, 0.4) is 0 Å². The maximum absolute atomic E-state index is 11.9. The van der Waals surface area contributed by atoms with Crippen LogP contribution in [0.25, 0.3) is 0 Å². The molecule has 4 nitrogen and oxygen atoms in total. The SMILES string of the molecule is COC1CC(NCC(=O)Nc2cccc(Cl)c2)C1(C)C. The average Bonchev–Trinajstić information content (AvgIpc) is 2.37. The molecule has 5 heteroatoms. The second-order valence-electron chi connectivity index (χ2n) is 5.77. The topological polar surface area (TPSA) is 50.4 Å². The van der Waals surface area contributed by atoms with E-state index in [0.29, 0.717) is 16.8 Å². The fourth-order valence-electron chi connectivity index (χ4n) is 2.62. The summed E-state index contributed by atoms with van der Waals surface area (Å²) in [5.74, 6) is -0.0658. The van der Waals surface area contributed by atoms with Crippen molar-refractivity contribution >= 4 is 23.2 Å². The van der Waals surface area contributed by atoms with E-state index >= 15 is 0 Å². The summed E-state index contributed by atoms with van der Waals surface area (Å²) in [6, 6.07) is 7.43. The Morgan fingerprint density at radius 3 is 2.85 bits per heavy atom. The minimum atomic E-state index is -0.0658. The number of amides is 1. The lowest BCUT2D eigenvalue weighted by molar-refractivity contribution is -0.119. The number of carbonyl (C=O) groups excluding carboxylic acids is 1. The minimum Gasteiger partial charge on any atom is -0.381 e. The second kappa shape index (κ2) is 6.12. The molecule has 20 heavy (non-hydrogen) atoms. The Kier molecular flexibility index (Phi) is 4.68. The fourth-order valence-corrected chi connectivity index (χ4v) is 2.81. The van der Waals surface area contributed by atoms with Crippen molar-refractivity contribution in [3.63, 3.8) is 0 Å². The van der Waals surface area contributed by atoms with Gasteiger partial charge >= 0.3 is 0 Å². The third kappa shape index (κ3) is 3.32. The number of benzene rings is 1. The summed E-state index contributed by atoms with van der Waals surface area (Å²) in [6.07, 6.45) is 1.20. The van der Waals surface area contributed by atoms with Crippen LogP contribution < -0.4 is 10.6 Å². The number of halogens is 1. The fraction of sp³-hybridized carbons (Fsp3) is 0.533. The Bertz CT molecular complexity index is 491. The number of methoxy groups -OCH3 is 1. The van der Waals surface area contributed by atoms with Gasteiger partial charge in [-0.1, -0.05) is 31.5 Å². The van der Waals surface area contributed by atoms with E-state index in [4.69, 9.17) is 16.3 Å². The van der Waals surface area contributed by atoms with Gasteiger partial charge in [0.05, 0.1) is 12.6 Å². The number of hydrogen-bond acceptors (Lipinski definition) is 3. The number of nitrogens with one attached hydrogen (secondary N) is 2. The summed E-state index contributed by atoms with van der Waals surface area (Å²) in [4.78, 5) is 11.9. The molecule has 2 unspecified atom stereocenters. The number of anilines is 1. The van der Waals surface area contributed by atoms with E-state index < -0.39 is 0 Å². The maximum atomic E-state index is 11.9. The van der Waals surface area contributed by atoms with E-state index in [2.05, 4.69) is 24.5 Å². The first kappa shape index (κ1) is 15.3. The van der Waals surface area contributed by atoms with Crippen molar-refractivity contribution in [1.29, 1.82) is 0 Å². The average molecular weight is 297 g/mol. The first-order valence-corrected chi connectivity index (χ1v) is 7.13. The summed E-state index contributed by atoms with van der Waals surface area (Å²) in [5.41, 5.74) is 0.775. The van der Waals surface area contributed by atoms with E-state index in [9.17, 15) is 4.79 Å². The zero-order chi connectivity index (χ0) is 14.8. The lowest BCUT2D eigenvalue weighted by Crippen LogP contribution is -2.61. The van der Waals surface area contributed by atoms with Crippen LogP contribution in [-0.2, 0) is 9.53 Å². The van der Waals surface area contributed by atoms with Crippen molar-refractivity contribution in [1.82, 2.24) is 5.32 Å². The van der Waals surface area contributed by atoms with Gasteiger partial charge in [0, 0.05) is 29.3 Å². The van der Waals surface area contributed by atoms with Crippen LogP contribution >= 0.6 is 11.6 Å². The second-order valence-corrected chi connectivity index (χ2v) is 6.21. The third-order valence-corrected chi connectivity index (χ3v) is 4.31. The van der Waals surface area contributed by atoms with Gasteiger partial charge in [-0.15, -0.1) is 0 Å². The number of hydrogen-bond donors (Lipinski definition) is 2. The molecule has 0 radical (unpaired) electrons. The third-order valence-electron chi connectivity index (χ3n) is 4.08. The van der Waals surface area contributed by atoms with Crippen molar-refractivity contribution in [3.8, 4) is 0 Å². The highest BCUT2D eigenvalue weighted by Gasteiger charge is 2.48. The zero-order valence-electron chi connectivity index (χ0n) is 12.1. The first-order chi connectivity index (χ1) is 9.43. The molecule has 0 bridgehead atoms. The Balaban J connectivity index is 1.79. The predicted molar refractivity (Wildman–Crippen MR) is 81.1 cm³/mol. The van der Waals surface area contributed by atoms with Crippen molar-refractivity contribution in [2.45, 2.75) is 32.4 Å². The largest absolute Gasteiger partial charge is 0.381 e. The molecule has 0 aromatic heterocycles. The summed E-state index contributed by atoms with van der Waals surface area (Å²) in [7, 11) is 1.73. The Labute approximate surface area is 124 Å². The van der Waals surface area contributed by atoms with Gasteiger partial charge in [-0.2, -0.15) is 0 Å². The highest BCUT2D eigenvalue weighted by Crippen LogP contribution is 2.42. The molecule has 1 aliphatic rings. The standard InChI is InChI=1S/C15H21ClN2O2/c1-15(2)12(8-13(15)20-3)17-9-14(19)18-11-6-4-5-10(16)7-11/h4-7,12-13,17H,8-9H2,1-3H3,(H,18,19). The highest BCUT2D eigenvalue weighted by atomic mass is 35.5. The van der Waals surface area contributed by atoms with E-state index in [-0.39, 0.29) is 24.0 Å². The Morgan fingerprint density at radius 1 is 1.50 bits per heavy atom. The van der Waals surface area contributed by atoms with Crippen LogP contribution in [0.1, 0.15) is 20.3 Å². The molecule has 0 aliphatic heterocycles. The molecule has 1 aliphatic carbocycles. The van der Waals surface area contributed by atoms with E-state index in [1.807, 2.05) is 12.1 Å². The van der Waals surface area contributed by atoms with E-state index in [1.165, 1.54) is 0 Å². The molecule has 1 fully saturated rings. The smallest absolute Gasteiger partial charge is 0.238 e. The van der Waals surface area contributed by atoms with Gasteiger partial charge < -0.3 is 15.4 Å². The molecule has 2 rings (SSSR count). The minimum absolute atomic E-state index is 0.0606. The molecular formula is C15H21ClN2O2. The Morgan fingerprint density at radius 2 is 2.25 bits per heavy atom. The molecule has 1 aromatic rings. The zero-order valence-corrected chi connectivity index (χ0v) is 12.8. The van der Waals surface area contributed by atoms with Crippen LogP contribution in [0, 0.1) is 5.41 Å². The van der Waals surface area contributed by atoms with Crippen LogP contribution in [-0.4, -0.2) is 31.7 Å². The predicted octanol–water partition coefficient (Wildman–Crippen LogP) is 2.68. The van der Waals surface area contributed by atoms with Crippen LogP contribution in [0.15, 0.2) is 24.3 Å². The monoisotopic (exact) mass is 296 g/mol. The highest BCUT2D eigenvalue weighted by molar-refractivity contribution is 6.30. The molecule has 110 valence electrons. The molecule has 2 atom stereocenters. The molecule has 1 amide bonds. The van der Waals surface area contributed by atoms with Gasteiger partial charge in [0.1, 0.15) is 0 Å². The quantitative estimate of drug-likeness (QED) is 0.878. The van der Waals surface area contributed by atoms with Gasteiger partial charge in [0.25, 0.3) is 0 Å². The van der Waals surface area contributed by atoms with Gasteiger partial charge in [0.2, 0.25) is 5.91 Å². The molecule has 0 heterocycles. The molecule has 1 aromatic carbocycles. The summed E-state index contributed by atoms with van der Waals surface area (Å²) in [6.45, 7) is 4.59. The van der Waals surface area contributed by atoms with Gasteiger partial charge in [-0.3, -0.25) is 4.79 Å². The summed E-state index contributed by atoms with van der Waals surface area (Å²) < 4.78 is 5.39. The lowest BCUT2D eigenvalue weighted by Gasteiger charge is -2.51. The van der Waals surface area contributed by atoms with Crippen molar-refractivity contribution in [2.75, 3.05) is 19.0 Å². The van der Waals surface area contributed by atoms with Crippen molar-refractivity contribution in [2.24, 2.45) is 5.41 Å². The lowest BCUT2D eigenvalue weighted by atomic mass is 9.64. The van der Waals surface area contributed by atoms with Crippen LogP contribution in [0.4, 0.5) is 5.69 Å². The van der Waals surface area contributed by atoms with Crippen LogP contribution in [0.2, 0.25) is 5.02 Å². The summed E-state index contributed by atoms with van der Waals surface area (Å²) >= 11 is 5.88. The Hall–Kier alpha value is -1.10. The van der Waals surface area contributed by atoms with Crippen molar-refractivity contribution < 1.29 is 9.53 Å². The summed E-state index contributed by atoms with van der Waals surface area (Å²) in [5, 5.41) is 6.72. The molecular weight excluding hydrogens is 276 g/mol.